The molecule has 1 aliphatic heterocycles. The molecule has 0 aromatic rings. The Labute approximate surface area is 70.6 Å². The lowest BCUT2D eigenvalue weighted by Gasteiger charge is -2.35. The van der Waals surface area contributed by atoms with Crippen LogP contribution >= 0.6 is 0 Å². The molecule has 11 heavy (non-hydrogen) atoms. The van der Waals surface area contributed by atoms with Gasteiger partial charge < -0.3 is 5.32 Å². The molecule has 1 unspecified atom stereocenters. The zero-order valence-electron chi connectivity index (χ0n) is 7.90. The Kier molecular flexibility index (Phi) is 3.92. The molecule has 0 aliphatic carbocycles. The Balaban J connectivity index is 2.19. The second-order valence-electron chi connectivity index (χ2n) is 3.69. The molecular formula is C10H21N. The average molecular weight is 155 g/mol. The molecule has 0 saturated carbocycles. The van der Waals surface area contributed by atoms with E-state index < -0.39 is 0 Å². The Morgan fingerprint density at radius 2 is 1.82 bits per heavy atom. The molecule has 66 valence electrons. The van der Waals surface area contributed by atoms with Gasteiger partial charge in [0.25, 0.3) is 0 Å². The summed E-state index contributed by atoms with van der Waals surface area (Å²) in [6, 6.07) is 0.870. The molecule has 1 aliphatic rings. The third-order valence-corrected chi connectivity index (χ3v) is 2.75. The molecule has 1 nitrogen and oxygen atoms in total. The van der Waals surface area contributed by atoms with Crippen LogP contribution in [0.5, 0.6) is 0 Å². The maximum absolute atomic E-state index is 3.52. The van der Waals surface area contributed by atoms with Crippen molar-refractivity contribution in [1.82, 2.24) is 5.32 Å². The molecule has 0 bridgehead atoms. The van der Waals surface area contributed by atoms with E-state index in [1.807, 2.05) is 0 Å². The van der Waals surface area contributed by atoms with Crippen molar-refractivity contribution in [3.63, 3.8) is 0 Å². The summed E-state index contributed by atoms with van der Waals surface area (Å²) in [7, 11) is 0. The highest BCUT2D eigenvalue weighted by Gasteiger charge is 2.24. The van der Waals surface area contributed by atoms with Crippen LogP contribution in [0.25, 0.3) is 0 Å². The van der Waals surface area contributed by atoms with Crippen LogP contribution in [0.2, 0.25) is 0 Å². The molecule has 1 heteroatoms. The van der Waals surface area contributed by atoms with Gasteiger partial charge in [0.05, 0.1) is 0 Å². The van der Waals surface area contributed by atoms with Crippen LogP contribution in [-0.2, 0) is 0 Å². The fourth-order valence-electron chi connectivity index (χ4n) is 2.00. The first-order valence-corrected chi connectivity index (χ1v) is 5.11. The van der Waals surface area contributed by atoms with E-state index in [-0.39, 0.29) is 0 Å². The van der Waals surface area contributed by atoms with Gasteiger partial charge in [0.15, 0.2) is 0 Å². The summed E-state index contributed by atoms with van der Waals surface area (Å²) < 4.78 is 0. The lowest BCUT2D eigenvalue weighted by atomic mass is 9.85. The van der Waals surface area contributed by atoms with Crippen molar-refractivity contribution in [2.24, 2.45) is 5.92 Å². The lowest BCUT2D eigenvalue weighted by molar-refractivity contribution is 0.233. The van der Waals surface area contributed by atoms with Crippen molar-refractivity contribution in [1.29, 1.82) is 0 Å². The standard InChI is InChI=1S/C10H21N/c1-3-5-9(6-4-2)10-7-8-11-10/h9-11H,3-8H2,1-2H3. The highest BCUT2D eigenvalue weighted by atomic mass is 15.0. The largest absolute Gasteiger partial charge is 0.314 e. The van der Waals surface area contributed by atoms with Gasteiger partial charge in [-0.3, -0.25) is 0 Å². The summed E-state index contributed by atoms with van der Waals surface area (Å²) in [5.41, 5.74) is 0. The first kappa shape index (κ1) is 9.05. The number of rotatable bonds is 5. The van der Waals surface area contributed by atoms with E-state index >= 15 is 0 Å². The SMILES string of the molecule is CCCC(CCC)C1CCN1. The summed E-state index contributed by atoms with van der Waals surface area (Å²) >= 11 is 0. The van der Waals surface area contributed by atoms with Crippen LogP contribution in [0.4, 0.5) is 0 Å². The molecular weight excluding hydrogens is 134 g/mol. The molecule has 1 N–H and O–H groups in total. The van der Waals surface area contributed by atoms with Gasteiger partial charge in [0, 0.05) is 6.04 Å². The van der Waals surface area contributed by atoms with E-state index in [0.29, 0.717) is 0 Å². The van der Waals surface area contributed by atoms with E-state index in [1.54, 1.807) is 0 Å². The minimum Gasteiger partial charge on any atom is -0.314 e. The summed E-state index contributed by atoms with van der Waals surface area (Å²) in [6.45, 7) is 5.84. The van der Waals surface area contributed by atoms with Crippen LogP contribution < -0.4 is 5.32 Å². The van der Waals surface area contributed by atoms with Gasteiger partial charge in [-0.2, -0.15) is 0 Å². The maximum atomic E-state index is 3.52. The van der Waals surface area contributed by atoms with E-state index in [1.165, 1.54) is 38.6 Å². The van der Waals surface area contributed by atoms with Crippen LogP contribution in [-0.4, -0.2) is 12.6 Å². The fourth-order valence-corrected chi connectivity index (χ4v) is 2.00. The number of nitrogens with one attached hydrogen (secondary N) is 1. The van der Waals surface area contributed by atoms with Crippen molar-refractivity contribution in [3.05, 3.63) is 0 Å². The molecule has 0 amide bonds. The molecule has 0 spiro atoms. The van der Waals surface area contributed by atoms with Crippen LogP contribution in [0.15, 0.2) is 0 Å². The van der Waals surface area contributed by atoms with Crippen LogP contribution in [0.3, 0.4) is 0 Å². The molecule has 1 saturated heterocycles. The molecule has 1 rings (SSSR count). The van der Waals surface area contributed by atoms with Gasteiger partial charge in [0.1, 0.15) is 0 Å². The van der Waals surface area contributed by atoms with E-state index in [9.17, 15) is 0 Å². The lowest BCUT2D eigenvalue weighted by Crippen LogP contribution is -2.47. The van der Waals surface area contributed by atoms with Gasteiger partial charge in [-0.05, 0) is 31.7 Å². The molecule has 1 heterocycles. The van der Waals surface area contributed by atoms with Crippen LogP contribution in [0.1, 0.15) is 46.0 Å². The molecule has 1 fully saturated rings. The van der Waals surface area contributed by atoms with Crippen molar-refractivity contribution < 1.29 is 0 Å². The zero-order valence-corrected chi connectivity index (χ0v) is 7.90. The summed E-state index contributed by atoms with van der Waals surface area (Å²) in [6.07, 6.45) is 6.97. The average Bonchev–Trinajstić information content (AvgIpc) is 1.85. The van der Waals surface area contributed by atoms with Gasteiger partial charge in [0.2, 0.25) is 0 Å². The number of hydrogen-bond donors (Lipinski definition) is 1. The van der Waals surface area contributed by atoms with Crippen LogP contribution in [0, 0.1) is 5.92 Å². The molecule has 0 aromatic heterocycles. The summed E-state index contributed by atoms with van der Waals surface area (Å²) in [5.74, 6) is 0.971. The highest BCUT2D eigenvalue weighted by Crippen LogP contribution is 2.23. The quantitative estimate of drug-likeness (QED) is 0.643. The van der Waals surface area contributed by atoms with Gasteiger partial charge >= 0.3 is 0 Å². The smallest absolute Gasteiger partial charge is 0.0107 e. The second kappa shape index (κ2) is 4.76. The number of hydrogen-bond acceptors (Lipinski definition) is 1. The van der Waals surface area contributed by atoms with E-state index in [4.69, 9.17) is 0 Å². The topological polar surface area (TPSA) is 12.0 Å². The molecule has 1 atom stereocenters. The van der Waals surface area contributed by atoms with Gasteiger partial charge in [-0.15, -0.1) is 0 Å². The zero-order chi connectivity index (χ0) is 8.10. The van der Waals surface area contributed by atoms with Crippen molar-refractivity contribution >= 4 is 0 Å². The third-order valence-electron chi connectivity index (χ3n) is 2.75. The predicted molar refractivity (Wildman–Crippen MR) is 49.7 cm³/mol. The van der Waals surface area contributed by atoms with Crippen molar-refractivity contribution in [2.75, 3.05) is 6.54 Å². The maximum Gasteiger partial charge on any atom is 0.0107 e. The third kappa shape index (κ3) is 2.48. The second-order valence-corrected chi connectivity index (χ2v) is 3.69. The Hall–Kier alpha value is -0.0400. The Morgan fingerprint density at radius 1 is 1.27 bits per heavy atom. The minimum atomic E-state index is 0.870. The fraction of sp³-hybridized carbons (Fsp3) is 1.00. The normalized spacial score (nSPS) is 23.7. The Bertz CT molecular complexity index is 91.0. The summed E-state index contributed by atoms with van der Waals surface area (Å²) in [5, 5.41) is 3.52. The predicted octanol–water partition coefficient (Wildman–Crippen LogP) is 2.56. The minimum absolute atomic E-state index is 0.870. The van der Waals surface area contributed by atoms with E-state index in [0.717, 1.165) is 12.0 Å². The summed E-state index contributed by atoms with van der Waals surface area (Å²) in [4.78, 5) is 0. The molecule has 0 aromatic carbocycles. The van der Waals surface area contributed by atoms with E-state index in [2.05, 4.69) is 19.2 Å². The van der Waals surface area contributed by atoms with Gasteiger partial charge in [-0.1, -0.05) is 26.7 Å². The molecule has 0 radical (unpaired) electrons. The van der Waals surface area contributed by atoms with Crippen molar-refractivity contribution in [2.45, 2.75) is 52.0 Å². The first-order valence-electron chi connectivity index (χ1n) is 5.11. The first-order chi connectivity index (χ1) is 5.38. The van der Waals surface area contributed by atoms with Gasteiger partial charge in [-0.25, -0.2) is 0 Å². The van der Waals surface area contributed by atoms with Crippen molar-refractivity contribution in [3.8, 4) is 0 Å². The highest BCUT2D eigenvalue weighted by molar-refractivity contribution is 4.83. The monoisotopic (exact) mass is 155 g/mol. The Morgan fingerprint density at radius 3 is 2.09 bits per heavy atom.